The molecule has 0 spiro atoms. The molecule has 88 valence electrons. The summed E-state index contributed by atoms with van der Waals surface area (Å²) in [6.07, 6.45) is 0.321. The number of non-ortho nitro benzene ring substituents is 1. The number of nitro benzene ring substituents is 1. The fourth-order valence-corrected chi connectivity index (χ4v) is 1.59. The van der Waals surface area contributed by atoms with Gasteiger partial charge in [0.2, 0.25) is 0 Å². The molecule has 0 aromatic heterocycles. The molecule has 17 heavy (non-hydrogen) atoms. The van der Waals surface area contributed by atoms with E-state index < -0.39 is 16.8 Å². The average molecular weight is 234 g/mol. The predicted octanol–water partition coefficient (Wildman–Crippen LogP) is 2.04. The number of hydrogen-bond donors (Lipinski definition) is 1. The Morgan fingerprint density at radius 2 is 2.29 bits per heavy atom. The van der Waals surface area contributed by atoms with Crippen LogP contribution in [0.2, 0.25) is 0 Å². The normalized spacial score (nSPS) is 11.5. The van der Waals surface area contributed by atoms with Crippen LogP contribution in [0.3, 0.4) is 0 Å². The Balaban J connectivity index is 3.31. The van der Waals surface area contributed by atoms with Crippen LogP contribution in [-0.4, -0.2) is 16.0 Å². The lowest BCUT2D eigenvalue weighted by Crippen LogP contribution is -2.12. The van der Waals surface area contributed by atoms with Gasteiger partial charge >= 0.3 is 5.97 Å². The first-order valence-corrected chi connectivity index (χ1v) is 4.92. The Morgan fingerprint density at radius 3 is 2.71 bits per heavy atom. The van der Waals surface area contributed by atoms with Crippen molar-refractivity contribution in [2.75, 3.05) is 0 Å². The highest BCUT2D eigenvalue weighted by Crippen LogP contribution is 2.26. The van der Waals surface area contributed by atoms with Crippen molar-refractivity contribution in [2.24, 2.45) is 0 Å². The summed E-state index contributed by atoms with van der Waals surface area (Å²) in [5, 5.41) is 28.4. The second-order valence-electron chi connectivity index (χ2n) is 3.44. The molecule has 1 atom stereocenters. The zero-order valence-corrected chi connectivity index (χ0v) is 9.08. The fourth-order valence-electron chi connectivity index (χ4n) is 1.59. The van der Waals surface area contributed by atoms with Crippen LogP contribution in [0.1, 0.15) is 30.4 Å². The summed E-state index contributed by atoms with van der Waals surface area (Å²) in [4.78, 5) is 20.9. The van der Waals surface area contributed by atoms with E-state index in [2.05, 4.69) is 0 Å². The Hall–Kier alpha value is -2.42. The van der Waals surface area contributed by atoms with E-state index in [1.165, 1.54) is 12.1 Å². The van der Waals surface area contributed by atoms with Crippen molar-refractivity contribution >= 4 is 11.7 Å². The summed E-state index contributed by atoms with van der Waals surface area (Å²) in [5.74, 6) is -1.86. The first-order chi connectivity index (χ1) is 8.01. The number of rotatable bonds is 4. The van der Waals surface area contributed by atoms with Crippen molar-refractivity contribution in [1.82, 2.24) is 0 Å². The fraction of sp³-hybridized carbons (Fsp3) is 0.273. The second kappa shape index (κ2) is 5.07. The minimum atomic E-state index is -1.04. The topological polar surface area (TPSA) is 104 Å². The maximum atomic E-state index is 11.0. The average Bonchev–Trinajstić information content (AvgIpc) is 2.29. The highest BCUT2D eigenvalue weighted by atomic mass is 16.6. The van der Waals surface area contributed by atoms with Crippen LogP contribution in [0.25, 0.3) is 0 Å². The summed E-state index contributed by atoms with van der Waals surface area (Å²) in [7, 11) is 0. The van der Waals surface area contributed by atoms with Gasteiger partial charge in [-0.05, 0) is 12.0 Å². The summed E-state index contributed by atoms with van der Waals surface area (Å²) < 4.78 is 0. The van der Waals surface area contributed by atoms with Gasteiger partial charge in [0.25, 0.3) is 5.69 Å². The number of nitrogens with zero attached hydrogens (tertiary/aromatic N) is 2. The first kappa shape index (κ1) is 12.6. The number of carboxylic acids is 1. The number of carboxylic acid groups (broad SMARTS) is 1. The molecule has 1 aromatic rings. The van der Waals surface area contributed by atoms with E-state index in [1.807, 2.05) is 0 Å². The molecule has 0 fully saturated rings. The zero-order valence-electron chi connectivity index (χ0n) is 9.08. The molecule has 1 unspecified atom stereocenters. The van der Waals surface area contributed by atoms with Crippen LogP contribution >= 0.6 is 0 Å². The Kier molecular flexibility index (Phi) is 3.78. The lowest BCUT2D eigenvalue weighted by Gasteiger charge is -2.11. The summed E-state index contributed by atoms with van der Waals surface area (Å²) in [6, 6.07) is 5.43. The van der Waals surface area contributed by atoms with Crippen LogP contribution in [0.4, 0.5) is 5.69 Å². The number of nitriles is 1. The molecule has 0 aliphatic heterocycles. The van der Waals surface area contributed by atoms with Crippen LogP contribution < -0.4 is 0 Å². The van der Waals surface area contributed by atoms with Crippen molar-refractivity contribution in [3.8, 4) is 6.07 Å². The van der Waals surface area contributed by atoms with Gasteiger partial charge in [-0.1, -0.05) is 13.0 Å². The molecule has 0 heterocycles. The third-order valence-electron chi connectivity index (χ3n) is 2.45. The molecule has 1 aromatic carbocycles. The highest BCUT2D eigenvalue weighted by molar-refractivity contribution is 5.77. The summed E-state index contributed by atoms with van der Waals surface area (Å²) in [5.41, 5.74) is 0.132. The van der Waals surface area contributed by atoms with Crippen LogP contribution in [0, 0.1) is 21.4 Å². The van der Waals surface area contributed by atoms with Crippen molar-refractivity contribution < 1.29 is 14.8 Å². The molecule has 0 bridgehead atoms. The van der Waals surface area contributed by atoms with Crippen molar-refractivity contribution in [2.45, 2.75) is 19.3 Å². The predicted molar refractivity (Wildman–Crippen MR) is 58.5 cm³/mol. The molecule has 1 N–H and O–H groups in total. The Bertz CT molecular complexity index is 505. The zero-order chi connectivity index (χ0) is 13.0. The summed E-state index contributed by atoms with van der Waals surface area (Å²) in [6.45, 7) is 1.68. The van der Waals surface area contributed by atoms with Gasteiger partial charge in [0, 0.05) is 12.1 Å². The molecule has 0 saturated heterocycles. The van der Waals surface area contributed by atoms with Gasteiger partial charge in [0.05, 0.1) is 22.5 Å². The van der Waals surface area contributed by atoms with Gasteiger partial charge in [-0.2, -0.15) is 5.26 Å². The van der Waals surface area contributed by atoms with E-state index in [0.29, 0.717) is 12.0 Å². The van der Waals surface area contributed by atoms with Crippen molar-refractivity contribution in [3.05, 3.63) is 39.4 Å². The van der Waals surface area contributed by atoms with E-state index in [4.69, 9.17) is 10.4 Å². The quantitative estimate of drug-likeness (QED) is 0.634. The Morgan fingerprint density at radius 1 is 1.65 bits per heavy atom. The molecule has 0 saturated carbocycles. The maximum Gasteiger partial charge on any atom is 0.311 e. The molecular weight excluding hydrogens is 224 g/mol. The molecule has 1 rings (SSSR count). The lowest BCUT2D eigenvalue weighted by atomic mass is 9.92. The number of hydrogen-bond acceptors (Lipinski definition) is 4. The minimum Gasteiger partial charge on any atom is -0.481 e. The summed E-state index contributed by atoms with van der Waals surface area (Å²) >= 11 is 0. The van der Waals surface area contributed by atoms with E-state index in [0.717, 1.165) is 6.07 Å². The van der Waals surface area contributed by atoms with E-state index in [-0.39, 0.29) is 11.3 Å². The van der Waals surface area contributed by atoms with Gasteiger partial charge in [-0.3, -0.25) is 14.9 Å². The molecule has 0 radical (unpaired) electrons. The van der Waals surface area contributed by atoms with Gasteiger partial charge in [0.1, 0.15) is 0 Å². The van der Waals surface area contributed by atoms with Gasteiger partial charge in [-0.15, -0.1) is 0 Å². The third kappa shape index (κ3) is 2.58. The lowest BCUT2D eigenvalue weighted by molar-refractivity contribution is -0.384. The number of aliphatic carboxylic acids is 1. The van der Waals surface area contributed by atoms with Crippen LogP contribution in [-0.2, 0) is 4.79 Å². The molecule has 6 nitrogen and oxygen atoms in total. The monoisotopic (exact) mass is 234 g/mol. The molecule has 0 aliphatic carbocycles. The SMILES string of the molecule is CCC(C(=O)O)c1ccc([N+](=O)[O-])cc1C#N. The number of carbonyl (C=O) groups is 1. The highest BCUT2D eigenvalue weighted by Gasteiger charge is 2.22. The number of nitro groups is 1. The van der Waals surface area contributed by atoms with Gasteiger partial charge < -0.3 is 5.11 Å². The number of benzene rings is 1. The smallest absolute Gasteiger partial charge is 0.311 e. The van der Waals surface area contributed by atoms with Crippen LogP contribution in [0.5, 0.6) is 0 Å². The van der Waals surface area contributed by atoms with Gasteiger partial charge in [0.15, 0.2) is 0 Å². The van der Waals surface area contributed by atoms with E-state index in [1.54, 1.807) is 13.0 Å². The Labute approximate surface area is 97.3 Å². The second-order valence-corrected chi connectivity index (χ2v) is 3.44. The molecule has 6 heteroatoms. The maximum absolute atomic E-state index is 11.0. The van der Waals surface area contributed by atoms with E-state index in [9.17, 15) is 14.9 Å². The molecule has 0 aliphatic rings. The minimum absolute atomic E-state index is 0.0356. The van der Waals surface area contributed by atoms with E-state index >= 15 is 0 Å². The van der Waals surface area contributed by atoms with Crippen molar-refractivity contribution in [3.63, 3.8) is 0 Å². The first-order valence-electron chi connectivity index (χ1n) is 4.92. The van der Waals surface area contributed by atoms with Crippen molar-refractivity contribution in [1.29, 1.82) is 5.26 Å². The van der Waals surface area contributed by atoms with Crippen LogP contribution in [0.15, 0.2) is 18.2 Å². The third-order valence-corrected chi connectivity index (χ3v) is 2.45. The standard InChI is InChI=1S/C11H10N2O4/c1-2-9(11(14)15)10-4-3-8(13(16)17)5-7(10)6-12/h3-5,9H,2H2,1H3,(H,14,15). The largest absolute Gasteiger partial charge is 0.481 e. The van der Waals surface area contributed by atoms with Gasteiger partial charge in [-0.25, -0.2) is 0 Å². The molecule has 0 amide bonds. The molecular formula is C11H10N2O4.